The highest BCUT2D eigenvalue weighted by Gasteiger charge is 2.25. The van der Waals surface area contributed by atoms with Crippen LogP contribution in [-0.4, -0.2) is 22.7 Å². The first-order chi connectivity index (χ1) is 9.15. The van der Waals surface area contributed by atoms with E-state index < -0.39 is 0 Å². The van der Waals surface area contributed by atoms with E-state index in [4.69, 9.17) is 4.98 Å². The highest BCUT2D eigenvalue weighted by molar-refractivity contribution is 7.11. The quantitative estimate of drug-likeness (QED) is 0.843. The molecule has 0 spiro atoms. The average molecular weight is 282 g/mol. The van der Waals surface area contributed by atoms with Crippen molar-refractivity contribution in [1.29, 1.82) is 0 Å². The summed E-state index contributed by atoms with van der Waals surface area (Å²) >= 11 is 1.85. The van der Waals surface area contributed by atoms with Crippen molar-refractivity contribution in [2.75, 3.05) is 6.54 Å². The van der Waals surface area contributed by atoms with Crippen LogP contribution >= 0.6 is 11.3 Å². The third kappa shape index (κ3) is 3.56. The second-order valence-electron chi connectivity index (χ2n) is 5.58. The lowest BCUT2D eigenvalue weighted by Crippen LogP contribution is -2.34. The molecule has 1 heterocycles. The first-order valence-corrected chi connectivity index (χ1v) is 8.37. The van der Waals surface area contributed by atoms with E-state index in [1.165, 1.54) is 28.4 Å². The summed E-state index contributed by atoms with van der Waals surface area (Å²) < 4.78 is 0. The molecule has 19 heavy (non-hydrogen) atoms. The number of aryl methyl sites for hydroxylation is 2. The Morgan fingerprint density at radius 2 is 2.26 bits per heavy atom. The lowest BCUT2D eigenvalue weighted by Gasteiger charge is -2.25. The van der Waals surface area contributed by atoms with Crippen LogP contribution < -0.4 is 5.32 Å². The van der Waals surface area contributed by atoms with Crippen LogP contribution in [0.2, 0.25) is 0 Å². The fourth-order valence-electron chi connectivity index (χ4n) is 2.55. The van der Waals surface area contributed by atoms with Crippen LogP contribution in [0, 0.1) is 5.92 Å². The van der Waals surface area contributed by atoms with E-state index in [9.17, 15) is 5.11 Å². The summed E-state index contributed by atoms with van der Waals surface area (Å²) in [5, 5.41) is 14.9. The molecule has 3 atom stereocenters. The largest absolute Gasteiger partial charge is 0.392 e. The van der Waals surface area contributed by atoms with Crippen molar-refractivity contribution in [3.63, 3.8) is 0 Å². The van der Waals surface area contributed by atoms with Crippen LogP contribution in [0.5, 0.6) is 0 Å². The smallest absolute Gasteiger partial charge is 0.0928 e. The van der Waals surface area contributed by atoms with Gasteiger partial charge in [-0.1, -0.05) is 27.2 Å². The predicted molar refractivity (Wildman–Crippen MR) is 80.6 cm³/mol. The van der Waals surface area contributed by atoms with Gasteiger partial charge in [-0.25, -0.2) is 4.98 Å². The number of aliphatic hydroxyl groups excluding tert-OH is 1. The molecule has 0 amide bonds. The van der Waals surface area contributed by atoms with Gasteiger partial charge in [-0.3, -0.25) is 0 Å². The Balaban J connectivity index is 1.97. The molecule has 2 N–H and O–H groups in total. The SMILES string of the molecule is CCc1nc2c(s1)C(NCC(O)C(C)CC)CCC2. The number of aromatic nitrogens is 1. The Labute approximate surface area is 120 Å². The molecule has 0 saturated carbocycles. The van der Waals surface area contributed by atoms with Crippen molar-refractivity contribution in [3.8, 4) is 0 Å². The van der Waals surface area contributed by atoms with E-state index >= 15 is 0 Å². The Hall–Kier alpha value is -0.450. The van der Waals surface area contributed by atoms with Gasteiger partial charge in [0.25, 0.3) is 0 Å². The van der Waals surface area contributed by atoms with Crippen molar-refractivity contribution < 1.29 is 5.11 Å². The highest BCUT2D eigenvalue weighted by atomic mass is 32.1. The van der Waals surface area contributed by atoms with Crippen molar-refractivity contribution >= 4 is 11.3 Å². The summed E-state index contributed by atoms with van der Waals surface area (Å²) in [5.41, 5.74) is 1.30. The molecule has 1 aliphatic rings. The van der Waals surface area contributed by atoms with Gasteiger partial charge in [0.05, 0.1) is 16.8 Å². The predicted octanol–water partition coefficient (Wildman–Crippen LogP) is 3.08. The van der Waals surface area contributed by atoms with Crippen LogP contribution in [0.1, 0.15) is 61.7 Å². The standard InChI is InChI=1S/C15H26N2OS/c1-4-10(3)13(18)9-16-11-7-6-8-12-15(11)19-14(5-2)17-12/h10-11,13,16,18H,4-9H2,1-3H3. The molecule has 3 unspecified atom stereocenters. The van der Waals surface area contributed by atoms with Gasteiger partial charge < -0.3 is 10.4 Å². The number of fused-ring (bicyclic) bond motifs is 1. The van der Waals surface area contributed by atoms with Gasteiger partial charge in [-0.05, 0) is 31.6 Å². The minimum Gasteiger partial charge on any atom is -0.392 e. The van der Waals surface area contributed by atoms with Crippen molar-refractivity contribution in [3.05, 3.63) is 15.6 Å². The summed E-state index contributed by atoms with van der Waals surface area (Å²) in [6.45, 7) is 7.10. The molecule has 0 aromatic carbocycles. The maximum Gasteiger partial charge on any atom is 0.0928 e. The van der Waals surface area contributed by atoms with Crippen molar-refractivity contribution in [2.45, 2.75) is 65.0 Å². The monoisotopic (exact) mass is 282 g/mol. The third-order valence-electron chi connectivity index (χ3n) is 4.17. The fourth-order valence-corrected chi connectivity index (χ4v) is 3.72. The summed E-state index contributed by atoms with van der Waals surface area (Å²) in [6.07, 6.45) is 5.31. The Bertz CT molecular complexity index is 405. The Morgan fingerprint density at radius 1 is 1.47 bits per heavy atom. The van der Waals surface area contributed by atoms with E-state index in [2.05, 4.69) is 26.1 Å². The molecular formula is C15H26N2OS. The lowest BCUT2D eigenvalue weighted by molar-refractivity contribution is 0.109. The van der Waals surface area contributed by atoms with Gasteiger partial charge in [0.15, 0.2) is 0 Å². The molecule has 1 aromatic heterocycles. The molecular weight excluding hydrogens is 256 g/mol. The van der Waals surface area contributed by atoms with Crippen molar-refractivity contribution in [1.82, 2.24) is 10.3 Å². The highest BCUT2D eigenvalue weighted by Crippen LogP contribution is 2.34. The molecule has 0 aliphatic heterocycles. The van der Waals surface area contributed by atoms with E-state index in [-0.39, 0.29) is 6.10 Å². The molecule has 0 saturated heterocycles. The maximum atomic E-state index is 10.1. The number of hydrogen-bond donors (Lipinski definition) is 2. The summed E-state index contributed by atoms with van der Waals surface area (Å²) in [6, 6.07) is 0.403. The van der Waals surface area contributed by atoms with Gasteiger partial charge in [0, 0.05) is 17.5 Å². The maximum absolute atomic E-state index is 10.1. The molecule has 4 heteroatoms. The van der Waals surface area contributed by atoms with E-state index in [1.54, 1.807) is 0 Å². The minimum atomic E-state index is -0.242. The van der Waals surface area contributed by atoms with Gasteiger partial charge in [-0.15, -0.1) is 11.3 Å². The summed E-state index contributed by atoms with van der Waals surface area (Å²) in [4.78, 5) is 6.13. The normalized spacial score (nSPS) is 22.0. The first kappa shape index (κ1) is 14.9. The average Bonchev–Trinajstić information content (AvgIpc) is 2.87. The fraction of sp³-hybridized carbons (Fsp3) is 0.800. The minimum absolute atomic E-state index is 0.242. The summed E-state index contributed by atoms with van der Waals surface area (Å²) in [5.74, 6) is 0.364. The van der Waals surface area contributed by atoms with Gasteiger partial charge >= 0.3 is 0 Å². The molecule has 3 nitrogen and oxygen atoms in total. The van der Waals surface area contributed by atoms with Crippen LogP contribution in [0.15, 0.2) is 0 Å². The van der Waals surface area contributed by atoms with Gasteiger partial charge in [0.2, 0.25) is 0 Å². The third-order valence-corrected chi connectivity index (χ3v) is 5.53. The molecule has 2 rings (SSSR count). The first-order valence-electron chi connectivity index (χ1n) is 7.55. The second kappa shape index (κ2) is 6.82. The van der Waals surface area contributed by atoms with Crippen molar-refractivity contribution in [2.24, 2.45) is 5.92 Å². The zero-order chi connectivity index (χ0) is 13.8. The number of nitrogens with zero attached hydrogens (tertiary/aromatic N) is 1. The van der Waals surface area contributed by atoms with E-state index in [1.807, 2.05) is 11.3 Å². The molecule has 108 valence electrons. The second-order valence-corrected chi connectivity index (χ2v) is 6.69. The molecule has 0 radical (unpaired) electrons. The van der Waals surface area contributed by atoms with Crippen LogP contribution in [0.4, 0.5) is 0 Å². The number of thiazole rings is 1. The van der Waals surface area contributed by atoms with E-state index in [0.717, 1.165) is 19.3 Å². The topological polar surface area (TPSA) is 45.2 Å². The van der Waals surface area contributed by atoms with Crippen LogP contribution in [0.3, 0.4) is 0 Å². The van der Waals surface area contributed by atoms with E-state index in [0.29, 0.717) is 18.5 Å². The molecule has 1 aliphatic carbocycles. The van der Waals surface area contributed by atoms with Crippen LogP contribution in [0.25, 0.3) is 0 Å². The Kier molecular flexibility index (Phi) is 5.37. The Morgan fingerprint density at radius 3 is 2.95 bits per heavy atom. The zero-order valence-electron chi connectivity index (χ0n) is 12.3. The van der Waals surface area contributed by atoms with Gasteiger partial charge in [-0.2, -0.15) is 0 Å². The number of rotatable bonds is 6. The lowest BCUT2D eigenvalue weighted by atomic mass is 9.97. The number of hydrogen-bond acceptors (Lipinski definition) is 4. The molecule has 1 aromatic rings. The zero-order valence-corrected chi connectivity index (χ0v) is 13.1. The number of aliphatic hydroxyl groups is 1. The van der Waals surface area contributed by atoms with Crippen LogP contribution in [-0.2, 0) is 12.8 Å². The summed E-state index contributed by atoms with van der Waals surface area (Å²) in [7, 11) is 0. The molecule has 0 fully saturated rings. The number of nitrogens with one attached hydrogen (secondary N) is 1. The van der Waals surface area contributed by atoms with Gasteiger partial charge in [0.1, 0.15) is 0 Å². The molecule has 0 bridgehead atoms.